The summed E-state index contributed by atoms with van der Waals surface area (Å²) in [5.74, 6) is 1.74. The van der Waals surface area contributed by atoms with E-state index in [0.29, 0.717) is 17.2 Å². The van der Waals surface area contributed by atoms with Crippen molar-refractivity contribution in [3.8, 4) is 17.2 Å². The van der Waals surface area contributed by atoms with Gasteiger partial charge in [0.15, 0.2) is 0 Å². The molecular weight excluding hydrogens is 296 g/mol. The average Bonchev–Trinajstić information content (AvgIpc) is 2.50. The summed E-state index contributed by atoms with van der Waals surface area (Å²) in [4.78, 5) is 11.1. The van der Waals surface area contributed by atoms with E-state index in [1.54, 1.807) is 14.2 Å². The van der Waals surface area contributed by atoms with Gasteiger partial charge in [-0.15, -0.1) is 0 Å². The Morgan fingerprint density at radius 1 is 1.04 bits per heavy atom. The Kier molecular flexibility index (Phi) is 5.32. The molecule has 0 fully saturated rings. The van der Waals surface area contributed by atoms with Gasteiger partial charge in [-0.05, 0) is 43.0 Å². The van der Waals surface area contributed by atoms with E-state index in [4.69, 9.17) is 18.9 Å². The van der Waals surface area contributed by atoms with Crippen LogP contribution < -0.4 is 14.2 Å². The molecular formula is C18H22O5. The third-order valence-corrected chi connectivity index (χ3v) is 3.27. The first-order chi connectivity index (χ1) is 10.9. The quantitative estimate of drug-likeness (QED) is 0.760. The van der Waals surface area contributed by atoms with Gasteiger partial charge >= 0.3 is 5.97 Å². The lowest BCUT2D eigenvalue weighted by molar-refractivity contribution is -0.142. The SMILES string of the molecule is COc1cc(OC)c2c(OC(C)C)cc(COC(C)=O)cc2c1. The summed E-state index contributed by atoms with van der Waals surface area (Å²) in [7, 11) is 3.22. The molecule has 0 bridgehead atoms. The number of carbonyl (C=O) groups is 1. The summed E-state index contributed by atoms with van der Waals surface area (Å²) >= 11 is 0. The standard InChI is InChI=1S/C18H22O5/c1-11(2)23-17-7-13(10-22-12(3)19)6-14-8-15(20-4)9-16(21-5)18(14)17/h6-9,11H,10H2,1-5H3. The average molecular weight is 318 g/mol. The smallest absolute Gasteiger partial charge is 0.302 e. The Hall–Kier alpha value is -2.43. The van der Waals surface area contributed by atoms with Gasteiger partial charge in [0.05, 0.1) is 25.7 Å². The van der Waals surface area contributed by atoms with Crippen LogP contribution in [0.2, 0.25) is 0 Å². The van der Waals surface area contributed by atoms with E-state index < -0.39 is 0 Å². The molecule has 0 spiro atoms. The van der Waals surface area contributed by atoms with Gasteiger partial charge in [0.1, 0.15) is 23.9 Å². The van der Waals surface area contributed by atoms with Crippen LogP contribution in [0.5, 0.6) is 17.2 Å². The number of hydrogen-bond donors (Lipinski definition) is 0. The van der Waals surface area contributed by atoms with Crippen molar-refractivity contribution >= 4 is 16.7 Å². The van der Waals surface area contributed by atoms with Crippen molar-refractivity contribution < 1.29 is 23.7 Å². The van der Waals surface area contributed by atoms with E-state index in [1.165, 1.54) is 6.92 Å². The fraction of sp³-hybridized carbons (Fsp3) is 0.389. The zero-order valence-corrected chi connectivity index (χ0v) is 14.1. The Balaban J connectivity index is 2.61. The second-order valence-corrected chi connectivity index (χ2v) is 5.47. The minimum atomic E-state index is -0.320. The van der Waals surface area contributed by atoms with Gasteiger partial charge in [0, 0.05) is 13.0 Å². The number of methoxy groups -OCH3 is 2. The number of rotatable bonds is 6. The van der Waals surface area contributed by atoms with Crippen LogP contribution in [0, 0.1) is 0 Å². The lowest BCUT2D eigenvalue weighted by Gasteiger charge is -2.17. The molecule has 0 heterocycles. The molecule has 0 amide bonds. The maximum absolute atomic E-state index is 11.1. The molecule has 5 nitrogen and oxygen atoms in total. The number of benzene rings is 2. The maximum Gasteiger partial charge on any atom is 0.302 e. The molecule has 0 atom stereocenters. The molecule has 5 heteroatoms. The minimum absolute atomic E-state index is 0.00832. The normalized spacial score (nSPS) is 10.7. The highest BCUT2D eigenvalue weighted by Crippen LogP contribution is 2.39. The molecule has 0 radical (unpaired) electrons. The molecule has 0 saturated carbocycles. The fourth-order valence-corrected chi connectivity index (χ4v) is 2.36. The van der Waals surface area contributed by atoms with E-state index in [2.05, 4.69) is 0 Å². The van der Waals surface area contributed by atoms with Crippen LogP contribution in [0.4, 0.5) is 0 Å². The van der Waals surface area contributed by atoms with Crippen LogP contribution in [-0.4, -0.2) is 26.3 Å². The third kappa shape index (κ3) is 4.06. The molecule has 2 aromatic rings. The predicted octanol–water partition coefficient (Wildman–Crippen LogP) is 3.71. The molecule has 23 heavy (non-hydrogen) atoms. The lowest BCUT2D eigenvalue weighted by atomic mass is 10.0. The molecule has 0 aliphatic heterocycles. The van der Waals surface area contributed by atoms with Crippen molar-refractivity contribution in [2.24, 2.45) is 0 Å². The van der Waals surface area contributed by atoms with Gasteiger partial charge in [0.2, 0.25) is 0 Å². The number of hydrogen-bond acceptors (Lipinski definition) is 5. The predicted molar refractivity (Wildman–Crippen MR) is 88.3 cm³/mol. The van der Waals surface area contributed by atoms with E-state index >= 15 is 0 Å². The highest BCUT2D eigenvalue weighted by molar-refractivity contribution is 5.95. The van der Waals surface area contributed by atoms with E-state index in [-0.39, 0.29) is 18.7 Å². The molecule has 0 aliphatic carbocycles. The van der Waals surface area contributed by atoms with Gasteiger partial charge in [-0.2, -0.15) is 0 Å². The second kappa shape index (κ2) is 7.22. The highest BCUT2D eigenvalue weighted by Gasteiger charge is 2.14. The second-order valence-electron chi connectivity index (χ2n) is 5.47. The fourth-order valence-electron chi connectivity index (χ4n) is 2.36. The topological polar surface area (TPSA) is 54.0 Å². The van der Waals surface area contributed by atoms with Crippen LogP contribution in [0.25, 0.3) is 10.8 Å². The molecule has 0 aromatic heterocycles. The van der Waals surface area contributed by atoms with Crippen molar-refractivity contribution in [3.05, 3.63) is 29.8 Å². The summed E-state index contributed by atoms with van der Waals surface area (Å²) in [6, 6.07) is 7.54. The lowest BCUT2D eigenvalue weighted by Crippen LogP contribution is -2.07. The number of esters is 1. The van der Waals surface area contributed by atoms with Crippen molar-refractivity contribution in [2.75, 3.05) is 14.2 Å². The van der Waals surface area contributed by atoms with Gasteiger partial charge in [0.25, 0.3) is 0 Å². The van der Waals surface area contributed by atoms with Crippen molar-refractivity contribution in [3.63, 3.8) is 0 Å². The Morgan fingerprint density at radius 3 is 2.35 bits per heavy atom. The van der Waals surface area contributed by atoms with Gasteiger partial charge in [-0.3, -0.25) is 4.79 Å². The van der Waals surface area contributed by atoms with E-state index in [1.807, 2.05) is 38.1 Å². The summed E-state index contributed by atoms with van der Waals surface area (Å²) in [6.45, 7) is 5.50. The molecule has 2 rings (SSSR count). The van der Waals surface area contributed by atoms with Crippen LogP contribution in [0.3, 0.4) is 0 Å². The number of ether oxygens (including phenoxy) is 4. The Morgan fingerprint density at radius 2 is 1.78 bits per heavy atom. The molecule has 0 N–H and O–H groups in total. The van der Waals surface area contributed by atoms with E-state index in [0.717, 1.165) is 16.3 Å². The monoisotopic (exact) mass is 318 g/mol. The van der Waals surface area contributed by atoms with E-state index in [9.17, 15) is 4.79 Å². The zero-order chi connectivity index (χ0) is 17.0. The molecule has 0 unspecified atom stereocenters. The largest absolute Gasteiger partial charge is 0.497 e. The maximum atomic E-state index is 11.1. The molecule has 2 aromatic carbocycles. The molecule has 124 valence electrons. The summed E-state index contributed by atoms with van der Waals surface area (Å²) in [6.07, 6.45) is 0.00832. The van der Waals surface area contributed by atoms with Crippen LogP contribution in [0.15, 0.2) is 24.3 Å². The summed E-state index contributed by atoms with van der Waals surface area (Å²) in [5.41, 5.74) is 0.846. The summed E-state index contributed by atoms with van der Waals surface area (Å²) < 4.78 is 21.8. The van der Waals surface area contributed by atoms with Crippen molar-refractivity contribution in [1.29, 1.82) is 0 Å². The first-order valence-corrected chi connectivity index (χ1v) is 7.43. The van der Waals surface area contributed by atoms with Gasteiger partial charge in [-0.25, -0.2) is 0 Å². The van der Waals surface area contributed by atoms with Gasteiger partial charge in [-0.1, -0.05) is 0 Å². The minimum Gasteiger partial charge on any atom is -0.497 e. The Labute approximate surface area is 136 Å². The first kappa shape index (κ1) is 16.9. The zero-order valence-electron chi connectivity index (χ0n) is 14.1. The number of carbonyl (C=O) groups excluding carboxylic acids is 1. The Bertz CT molecular complexity index is 706. The molecule has 0 aliphatic rings. The highest BCUT2D eigenvalue weighted by atomic mass is 16.5. The number of fused-ring (bicyclic) bond motifs is 1. The van der Waals surface area contributed by atoms with Crippen molar-refractivity contribution in [2.45, 2.75) is 33.5 Å². The van der Waals surface area contributed by atoms with Crippen molar-refractivity contribution in [1.82, 2.24) is 0 Å². The van der Waals surface area contributed by atoms with Gasteiger partial charge < -0.3 is 18.9 Å². The third-order valence-electron chi connectivity index (χ3n) is 3.27. The summed E-state index contributed by atoms with van der Waals surface area (Å²) in [5, 5.41) is 1.77. The first-order valence-electron chi connectivity index (χ1n) is 7.43. The van der Waals surface area contributed by atoms with Crippen LogP contribution in [0.1, 0.15) is 26.3 Å². The van der Waals surface area contributed by atoms with Crippen LogP contribution >= 0.6 is 0 Å². The molecule has 0 saturated heterocycles. The van der Waals surface area contributed by atoms with Crippen LogP contribution in [-0.2, 0) is 16.1 Å².